The molecule has 6 nitrogen and oxygen atoms in total. The summed E-state index contributed by atoms with van der Waals surface area (Å²) >= 11 is 0. The first-order valence-electron chi connectivity index (χ1n) is 4.87. The molecule has 0 aliphatic heterocycles. The van der Waals surface area contributed by atoms with Crippen molar-refractivity contribution in [2.24, 2.45) is 5.73 Å². The highest BCUT2D eigenvalue weighted by atomic mass is 15.1. The van der Waals surface area contributed by atoms with Gasteiger partial charge in [0.05, 0.1) is 6.33 Å². The maximum Gasteiger partial charge on any atom is 0.165 e. The molecule has 2 heterocycles. The lowest BCUT2D eigenvalue weighted by Gasteiger charge is -2.02. The zero-order valence-corrected chi connectivity index (χ0v) is 8.64. The van der Waals surface area contributed by atoms with Crippen molar-refractivity contribution in [3.63, 3.8) is 0 Å². The standard InChI is InChI=1S/C9H14N6/c1-6-13-8(11)7-9(14-6)15(5-12-7)4-2-3-10/h5H,2-4,10H2,1H3,(H2,11,13,14). The Hall–Kier alpha value is -1.69. The normalized spacial score (nSPS) is 11.1. The molecule has 0 aromatic carbocycles. The molecule has 0 aliphatic rings. The zero-order chi connectivity index (χ0) is 10.8. The summed E-state index contributed by atoms with van der Waals surface area (Å²) < 4.78 is 1.95. The van der Waals surface area contributed by atoms with Crippen molar-refractivity contribution in [1.82, 2.24) is 19.5 Å². The Morgan fingerprint density at radius 3 is 2.93 bits per heavy atom. The van der Waals surface area contributed by atoms with Crippen molar-refractivity contribution in [3.05, 3.63) is 12.2 Å². The Morgan fingerprint density at radius 1 is 1.40 bits per heavy atom. The summed E-state index contributed by atoms with van der Waals surface area (Å²) in [6.45, 7) is 3.28. The Labute approximate surface area is 87.3 Å². The van der Waals surface area contributed by atoms with Crippen molar-refractivity contribution in [1.29, 1.82) is 0 Å². The topological polar surface area (TPSA) is 95.6 Å². The van der Waals surface area contributed by atoms with Crippen LogP contribution in [0.2, 0.25) is 0 Å². The highest BCUT2D eigenvalue weighted by molar-refractivity contribution is 5.81. The number of nitrogens with zero attached hydrogens (tertiary/aromatic N) is 4. The van der Waals surface area contributed by atoms with Crippen molar-refractivity contribution in [2.45, 2.75) is 19.9 Å². The number of hydrogen-bond acceptors (Lipinski definition) is 5. The van der Waals surface area contributed by atoms with E-state index < -0.39 is 0 Å². The van der Waals surface area contributed by atoms with Gasteiger partial charge in [0.1, 0.15) is 11.3 Å². The second-order valence-corrected chi connectivity index (χ2v) is 3.41. The molecule has 4 N–H and O–H groups in total. The summed E-state index contributed by atoms with van der Waals surface area (Å²) in [4.78, 5) is 12.6. The number of rotatable bonds is 3. The van der Waals surface area contributed by atoms with Crippen LogP contribution < -0.4 is 11.5 Å². The quantitative estimate of drug-likeness (QED) is 0.740. The Morgan fingerprint density at radius 2 is 2.20 bits per heavy atom. The van der Waals surface area contributed by atoms with E-state index in [1.165, 1.54) is 0 Å². The van der Waals surface area contributed by atoms with Gasteiger partial charge in [-0.15, -0.1) is 0 Å². The molecule has 2 aromatic rings. The molecule has 6 heteroatoms. The first-order chi connectivity index (χ1) is 7.22. The third-order valence-electron chi connectivity index (χ3n) is 2.21. The predicted octanol–water partition coefficient (Wildman–Crippen LogP) is 0.0657. The molecule has 0 saturated heterocycles. The Kier molecular flexibility index (Phi) is 2.51. The van der Waals surface area contributed by atoms with E-state index in [4.69, 9.17) is 11.5 Å². The molecule has 0 radical (unpaired) electrons. The van der Waals surface area contributed by atoms with E-state index in [0.717, 1.165) is 18.6 Å². The molecule has 2 aromatic heterocycles. The highest BCUT2D eigenvalue weighted by Gasteiger charge is 2.08. The van der Waals surface area contributed by atoms with Gasteiger partial charge < -0.3 is 16.0 Å². The van der Waals surface area contributed by atoms with E-state index >= 15 is 0 Å². The van der Waals surface area contributed by atoms with Crippen molar-refractivity contribution in [2.75, 3.05) is 12.3 Å². The number of anilines is 1. The van der Waals surface area contributed by atoms with E-state index in [2.05, 4.69) is 15.0 Å². The number of hydrogen-bond donors (Lipinski definition) is 2. The molecule has 0 spiro atoms. The number of nitrogens with two attached hydrogens (primary N) is 2. The summed E-state index contributed by atoms with van der Waals surface area (Å²) in [7, 11) is 0. The SMILES string of the molecule is Cc1nc(N)c2ncn(CCCN)c2n1. The fourth-order valence-electron chi connectivity index (χ4n) is 1.50. The van der Waals surface area contributed by atoms with E-state index in [-0.39, 0.29) is 0 Å². The molecule has 0 unspecified atom stereocenters. The van der Waals surface area contributed by atoms with Crippen LogP contribution in [0.1, 0.15) is 12.2 Å². The van der Waals surface area contributed by atoms with E-state index in [1.807, 2.05) is 11.5 Å². The zero-order valence-electron chi connectivity index (χ0n) is 8.64. The van der Waals surface area contributed by atoms with Crippen LogP contribution in [0.3, 0.4) is 0 Å². The van der Waals surface area contributed by atoms with E-state index in [0.29, 0.717) is 23.7 Å². The molecular formula is C9H14N6. The van der Waals surface area contributed by atoms with Crippen LogP contribution in [0, 0.1) is 6.92 Å². The van der Waals surface area contributed by atoms with Gasteiger partial charge in [-0.25, -0.2) is 15.0 Å². The minimum atomic E-state index is 0.434. The van der Waals surface area contributed by atoms with Gasteiger partial charge in [-0.3, -0.25) is 0 Å². The van der Waals surface area contributed by atoms with Gasteiger partial charge >= 0.3 is 0 Å². The number of nitrogen functional groups attached to an aromatic ring is 1. The summed E-state index contributed by atoms with van der Waals surface area (Å²) in [5.41, 5.74) is 12.7. The molecule has 2 rings (SSSR count). The molecular weight excluding hydrogens is 192 g/mol. The maximum absolute atomic E-state index is 5.75. The average Bonchev–Trinajstić information content (AvgIpc) is 2.58. The van der Waals surface area contributed by atoms with Gasteiger partial charge in [-0.05, 0) is 19.9 Å². The number of aromatic nitrogens is 4. The highest BCUT2D eigenvalue weighted by Crippen LogP contribution is 2.15. The number of imidazole rings is 1. The summed E-state index contributed by atoms with van der Waals surface area (Å²) in [6, 6.07) is 0. The van der Waals surface area contributed by atoms with Crippen molar-refractivity contribution < 1.29 is 0 Å². The Bertz CT molecular complexity index is 475. The van der Waals surface area contributed by atoms with Crippen LogP contribution in [0.15, 0.2) is 6.33 Å². The third-order valence-corrected chi connectivity index (χ3v) is 2.21. The third kappa shape index (κ3) is 1.75. The average molecular weight is 206 g/mol. The van der Waals surface area contributed by atoms with Gasteiger partial charge in [0, 0.05) is 6.54 Å². The summed E-state index contributed by atoms with van der Waals surface area (Å²) in [5, 5.41) is 0. The van der Waals surface area contributed by atoms with Crippen LogP contribution in [-0.2, 0) is 6.54 Å². The van der Waals surface area contributed by atoms with Crippen LogP contribution in [-0.4, -0.2) is 26.1 Å². The monoisotopic (exact) mass is 206 g/mol. The first-order valence-corrected chi connectivity index (χ1v) is 4.87. The van der Waals surface area contributed by atoms with Crippen LogP contribution in [0.4, 0.5) is 5.82 Å². The first kappa shape index (κ1) is 9.85. The van der Waals surface area contributed by atoms with Crippen LogP contribution >= 0.6 is 0 Å². The second kappa shape index (κ2) is 3.82. The molecule has 0 atom stereocenters. The molecule has 0 fully saturated rings. The molecule has 0 amide bonds. The van der Waals surface area contributed by atoms with Gasteiger partial charge in [-0.2, -0.15) is 0 Å². The fraction of sp³-hybridized carbons (Fsp3) is 0.444. The maximum atomic E-state index is 5.75. The van der Waals surface area contributed by atoms with Gasteiger partial charge in [0.25, 0.3) is 0 Å². The van der Waals surface area contributed by atoms with Crippen LogP contribution in [0.5, 0.6) is 0 Å². The van der Waals surface area contributed by atoms with Gasteiger partial charge in [0.2, 0.25) is 0 Å². The predicted molar refractivity (Wildman–Crippen MR) is 58.1 cm³/mol. The Balaban J connectivity index is 2.49. The van der Waals surface area contributed by atoms with E-state index in [9.17, 15) is 0 Å². The largest absolute Gasteiger partial charge is 0.382 e. The van der Waals surface area contributed by atoms with E-state index in [1.54, 1.807) is 6.33 Å². The lowest BCUT2D eigenvalue weighted by molar-refractivity contribution is 0.660. The van der Waals surface area contributed by atoms with Gasteiger partial charge in [-0.1, -0.05) is 0 Å². The smallest absolute Gasteiger partial charge is 0.165 e. The second-order valence-electron chi connectivity index (χ2n) is 3.41. The molecule has 80 valence electrons. The van der Waals surface area contributed by atoms with Gasteiger partial charge in [0.15, 0.2) is 11.5 Å². The van der Waals surface area contributed by atoms with Crippen molar-refractivity contribution in [3.8, 4) is 0 Å². The minimum absolute atomic E-state index is 0.434. The lowest BCUT2D eigenvalue weighted by atomic mass is 10.4. The summed E-state index contributed by atoms with van der Waals surface area (Å²) in [5.74, 6) is 1.10. The molecule has 0 bridgehead atoms. The number of aryl methyl sites for hydroxylation is 2. The van der Waals surface area contributed by atoms with Crippen LogP contribution in [0.25, 0.3) is 11.2 Å². The fourth-order valence-corrected chi connectivity index (χ4v) is 1.50. The molecule has 15 heavy (non-hydrogen) atoms. The van der Waals surface area contributed by atoms with Crippen molar-refractivity contribution >= 4 is 17.0 Å². The molecule has 0 aliphatic carbocycles. The molecule has 0 saturated carbocycles. The number of fused-ring (bicyclic) bond motifs is 1. The minimum Gasteiger partial charge on any atom is -0.382 e. The summed E-state index contributed by atoms with van der Waals surface area (Å²) in [6.07, 6.45) is 2.62. The lowest BCUT2D eigenvalue weighted by Crippen LogP contribution is -2.06.